The molecule has 0 saturated heterocycles. The van der Waals surface area contributed by atoms with Gasteiger partial charge in [-0.05, 0) is 210 Å². The van der Waals surface area contributed by atoms with Crippen LogP contribution in [0, 0.1) is 0 Å². The van der Waals surface area contributed by atoms with Crippen molar-refractivity contribution in [3.8, 4) is 125 Å². The summed E-state index contributed by atoms with van der Waals surface area (Å²) in [5.74, 6) is 2.75. The molecule has 0 aliphatic rings. The zero-order valence-electron chi connectivity index (χ0n) is 79.8. The molecule has 0 spiro atoms. The van der Waals surface area contributed by atoms with Crippen LogP contribution in [0.1, 0.15) is 0 Å². The Hall–Kier alpha value is -20.3. The Morgan fingerprint density at radius 1 is 0.149 bits per heavy atom. The van der Waals surface area contributed by atoms with Gasteiger partial charge in [0.05, 0.1) is 83.3 Å². The monoisotopic (exact) mass is 1890 g/mol. The summed E-state index contributed by atoms with van der Waals surface area (Å²) < 4.78 is 13.9. The van der Waals surface area contributed by atoms with E-state index >= 15 is 0 Å². The molecular weight excluding hydrogens is 1810 g/mol. The van der Waals surface area contributed by atoms with E-state index in [2.05, 4.69) is 480 Å². The van der Waals surface area contributed by atoms with Crippen LogP contribution < -0.4 is 0 Å². The van der Waals surface area contributed by atoms with E-state index in [-0.39, 0.29) is 0 Å². The van der Waals surface area contributed by atoms with E-state index in [9.17, 15) is 0 Å². The first kappa shape index (κ1) is 85.7. The van der Waals surface area contributed by atoms with Crippen molar-refractivity contribution in [2.45, 2.75) is 0 Å². The summed E-state index contributed by atoms with van der Waals surface area (Å²) in [5, 5.41) is 16.5. The molecule has 0 amide bonds. The molecule has 0 unspecified atom stereocenters. The summed E-state index contributed by atoms with van der Waals surface area (Å²) in [5.41, 5.74) is 31.5. The van der Waals surface area contributed by atoms with E-state index in [1.165, 1.54) is 81.4 Å². The zero-order chi connectivity index (χ0) is 97.6. The van der Waals surface area contributed by atoms with Crippen LogP contribution in [-0.2, 0) is 0 Å². The van der Waals surface area contributed by atoms with Crippen LogP contribution in [0.3, 0.4) is 0 Å². The molecule has 0 saturated carbocycles. The van der Waals surface area contributed by atoms with Crippen LogP contribution in [-0.4, -0.2) is 72.3 Å². The van der Waals surface area contributed by atoms with Crippen molar-refractivity contribution in [2.24, 2.45) is 0 Å². The van der Waals surface area contributed by atoms with E-state index in [1.807, 2.05) is 60.7 Å². The van der Waals surface area contributed by atoms with Gasteiger partial charge >= 0.3 is 0 Å². The van der Waals surface area contributed by atoms with E-state index < -0.39 is 0 Å². The summed E-state index contributed by atoms with van der Waals surface area (Å²) in [6.45, 7) is 0. The number of benzene rings is 19. The van der Waals surface area contributed by atoms with Crippen molar-refractivity contribution in [1.29, 1.82) is 0 Å². The van der Waals surface area contributed by atoms with Crippen LogP contribution in [0.15, 0.2) is 516 Å². The smallest absolute Gasteiger partial charge is 0.160 e. The van der Waals surface area contributed by atoms with Crippen LogP contribution in [0.5, 0.6) is 0 Å². The molecule has 19 aromatic carbocycles. The van der Waals surface area contributed by atoms with Crippen molar-refractivity contribution in [2.75, 3.05) is 0 Å². The van der Waals surface area contributed by atoms with E-state index in [1.54, 1.807) is 18.6 Å². The average Bonchev–Trinajstić information content (AvgIpc) is 1.58. The first-order chi connectivity index (χ1) is 73.3. The van der Waals surface area contributed by atoms with Crippen LogP contribution in [0.4, 0.5) is 0 Å². The molecule has 11 heterocycles. The Kier molecular flexibility index (Phi) is 20.9. The van der Waals surface area contributed by atoms with E-state index in [0.29, 0.717) is 23.3 Å². The van der Waals surface area contributed by atoms with Gasteiger partial charge in [-0.3, -0.25) is 4.98 Å². The standard InChI is InChI=1S/C50H32N4.C44H28N6.C39H25N5/c1-2-14-40(15-3-1)53-28-27-38-31-44-42-17-7-9-20-46(42)54(48(44)32-47(38)53)41-16-10-13-39(30-41)50-51-45-19-8-6-18-43(45)49(52-50)35-24-21-34(22-25-35)37-26-23-33-11-4-5-12-36(33)29-37;1-2-11-33(12-3-1)49-25-22-31-27-37-35-14-5-7-17-39(35)50(41(37)28-40(31)49)34-13-8-10-32(26-34)44-47-38-16-6-4-15-36(38)42(48-44)29-18-20-30(21-19-29)43-45-23-9-24-46-43;1-2-12-28(13-3-1)43-22-20-26-24-32-30-15-5-7-19-35(30)44(37(32)25-36(26)43)29-14-10-11-27(23-29)39-41-33-17-6-4-16-31(33)38(42-39)34-18-8-9-21-40-34/h1-32H;1-28H;1-25H. The number of hydrogen-bond acceptors (Lipinski definition) is 9. The molecule has 15 nitrogen and oxygen atoms in total. The maximum atomic E-state index is 5.29. The minimum Gasteiger partial charge on any atom is -0.316 e. The van der Waals surface area contributed by atoms with Crippen LogP contribution in [0.25, 0.3) is 266 Å². The highest BCUT2D eigenvalue weighted by atomic mass is 15.0. The molecule has 148 heavy (non-hydrogen) atoms. The third-order valence-electron chi connectivity index (χ3n) is 28.6. The SMILES string of the molecule is c1ccc(-n2ccc3cc4c5ccccc5n(-c5cccc(-c6nc(-c7ccc(-c8ccc9ccccc9c8)cc7)c7ccccc7n6)c5)c4cc32)cc1.c1ccc(-n2ccc3cc4c5ccccc5n(-c5cccc(-c6nc(-c7ccc(-c8ncccn8)cc7)c7ccccc7n6)c5)c4cc32)cc1.c1ccc(-n2ccc3cc4c5ccccc5n(-c5cccc(-c6nc(-c7ccccn7)c7ccccc7n6)c5)c4cc32)cc1. The summed E-state index contributed by atoms with van der Waals surface area (Å²) in [4.78, 5) is 44.2. The summed E-state index contributed by atoms with van der Waals surface area (Å²) in [6.07, 6.45) is 11.8. The predicted octanol–water partition coefficient (Wildman–Crippen LogP) is 32.7. The van der Waals surface area contributed by atoms with Crippen molar-refractivity contribution < 1.29 is 0 Å². The van der Waals surface area contributed by atoms with Gasteiger partial charge in [-0.2, -0.15) is 0 Å². The molecule has 11 aromatic heterocycles. The zero-order valence-corrected chi connectivity index (χ0v) is 79.8. The van der Waals surface area contributed by atoms with Crippen molar-refractivity contribution in [3.05, 3.63) is 516 Å². The lowest BCUT2D eigenvalue weighted by Crippen LogP contribution is -1.98. The van der Waals surface area contributed by atoms with Gasteiger partial charge in [-0.25, -0.2) is 39.9 Å². The van der Waals surface area contributed by atoms with Gasteiger partial charge < -0.3 is 27.4 Å². The first-order valence-electron chi connectivity index (χ1n) is 49.7. The lowest BCUT2D eigenvalue weighted by Gasteiger charge is -2.13. The maximum Gasteiger partial charge on any atom is 0.160 e. The van der Waals surface area contributed by atoms with Crippen molar-refractivity contribution in [1.82, 2.24) is 72.3 Å². The predicted molar refractivity (Wildman–Crippen MR) is 607 cm³/mol. The van der Waals surface area contributed by atoms with Crippen LogP contribution >= 0.6 is 0 Å². The lowest BCUT2D eigenvalue weighted by molar-refractivity contribution is 1.12. The second-order valence-electron chi connectivity index (χ2n) is 37.3. The number of hydrogen-bond donors (Lipinski definition) is 0. The van der Waals surface area contributed by atoms with Gasteiger partial charge in [0.2, 0.25) is 0 Å². The largest absolute Gasteiger partial charge is 0.316 e. The van der Waals surface area contributed by atoms with E-state index in [4.69, 9.17) is 29.9 Å². The topological polar surface area (TPSA) is 146 Å². The van der Waals surface area contributed by atoms with Gasteiger partial charge in [0.1, 0.15) is 5.69 Å². The molecule has 0 bridgehead atoms. The molecule has 692 valence electrons. The second-order valence-corrected chi connectivity index (χ2v) is 37.3. The number of fused-ring (bicyclic) bond motifs is 16. The number of aromatic nitrogens is 15. The van der Waals surface area contributed by atoms with Gasteiger partial charge in [-0.1, -0.05) is 291 Å². The number of nitrogens with zero attached hydrogens (tertiary/aromatic N) is 15. The fourth-order valence-corrected chi connectivity index (χ4v) is 21.6. The number of pyridine rings is 1. The lowest BCUT2D eigenvalue weighted by atomic mass is 9.98. The molecule has 0 radical (unpaired) electrons. The minimum atomic E-state index is 0.673. The molecule has 0 N–H and O–H groups in total. The molecular formula is C133H85N15. The third kappa shape index (κ3) is 15.2. The Balaban J connectivity index is 0.000000108. The molecule has 0 atom stereocenters. The Morgan fingerprint density at radius 3 is 0.892 bits per heavy atom. The molecule has 30 rings (SSSR count). The minimum absolute atomic E-state index is 0.673. The summed E-state index contributed by atoms with van der Waals surface area (Å²) in [6, 6.07) is 168. The first-order valence-corrected chi connectivity index (χ1v) is 49.7. The van der Waals surface area contributed by atoms with Crippen molar-refractivity contribution in [3.63, 3.8) is 0 Å². The molecule has 15 heteroatoms. The van der Waals surface area contributed by atoms with Crippen molar-refractivity contribution >= 4 is 142 Å². The van der Waals surface area contributed by atoms with Gasteiger partial charge in [-0.15, -0.1) is 0 Å². The Morgan fingerprint density at radius 2 is 0.480 bits per heavy atom. The summed E-state index contributed by atoms with van der Waals surface area (Å²) in [7, 11) is 0. The highest BCUT2D eigenvalue weighted by molar-refractivity contribution is 6.17. The number of rotatable bonds is 14. The maximum absolute atomic E-state index is 5.29. The average molecular weight is 1890 g/mol. The van der Waals surface area contributed by atoms with Gasteiger partial charge in [0.15, 0.2) is 23.3 Å². The van der Waals surface area contributed by atoms with Gasteiger partial charge in [0, 0.05) is 169 Å². The molecule has 0 aliphatic carbocycles. The number of para-hydroxylation sites is 9. The highest BCUT2D eigenvalue weighted by Gasteiger charge is 2.25. The normalized spacial score (nSPS) is 11.6. The third-order valence-corrected chi connectivity index (χ3v) is 28.6. The quantitative estimate of drug-likeness (QED) is 0.104. The van der Waals surface area contributed by atoms with E-state index in [0.717, 1.165) is 162 Å². The molecule has 30 aromatic rings. The van der Waals surface area contributed by atoms with Crippen LogP contribution in [0.2, 0.25) is 0 Å². The summed E-state index contributed by atoms with van der Waals surface area (Å²) >= 11 is 0. The Labute approximate surface area is 849 Å². The highest BCUT2D eigenvalue weighted by Crippen LogP contribution is 2.44. The fraction of sp³-hybridized carbons (Fsp3) is 0. The second kappa shape index (κ2) is 36.0. The Bertz CT molecular complexity index is 10400. The molecule has 0 aliphatic heterocycles. The fourth-order valence-electron chi connectivity index (χ4n) is 21.6. The van der Waals surface area contributed by atoms with Gasteiger partial charge in [0.25, 0.3) is 0 Å². The molecule has 0 fully saturated rings.